The van der Waals surface area contributed by atoms with Gasteiger partial charge in [0.15, 0.2) is 0 Å². The summed E-state index contributed by atoms with van der Waals surface area (Å²) in [4.78, 5) is 10.2. The Balaban J connectivity index is 2.31. The fraction of sp³-hybridized carbons (Fsp3) is 0. The third-order valence-electron chi connectivity index (χ3n) is 2.51. The predicted octanol–water partition coefficient (Wildman–Crippen LogP) is 3.45. The van der Waals surface area contributed by atoms with Gasteiger partial charge < -0.3 is 5.11 Å². The molecule has 2 aromatic rings. The van der Waals surface area contributed by atoms with Crippen molar-refractivity contribution in [2.75, 3.05) is 0 Å². The molecule has 0 aromatic heterocycles. The van der Waals surface area contributed by atoms with Crippen LogP contribution in [0.2, 0.25) is 0 Å². The lowest BCUT2D eigenvalue weighted by Crippen LogP contribution is -1.84. The van der Waals surface area contributed by atoms with Crippen molar-refractivity contribution in [2.24, 2.45) is 0 Å². The molecule has 84 valence electrons. The molecule has 0 saturated carbocycles. The van der Waals surface area contributed by atoms with Crippen molar-refractivity contribution in [1.82, 2.24) is 0 Å². The number of aliphatic hydroxyl groups excluding tert-OH is 1. The molecule has 17 heavy (non-hydrogen) atoms. The minimum Gasteiger partial charge on any atom is -0.507 e. The number of carbonyl (C=O) groups excluding carboxylic acids is 1. The van der Waals surface area contributed by atoms with E-state index in [0.717, 1.165) is 17.2 Å². The minimum absolute atomic E-state index is 0.0142. The van der Waals surface area contributed by atoms with E-state index in [2.05, 4.69) is 0 Å². The molecule has 0 fully saturated rings. The lowest BCUT2D eigenvalue weighted by Gasteiger charge is -2.03. The molecule has 0 radical (unpaired) electrons. The van der Waals surface area contributed by atoms with Crippen molar-refractivity contribution in [3.8, 4) is 11.1 Å². The molecule has 0 aliphatic rings. The van der Waals surface area contributed by atoms with Crippen LogP contribution in [0.25, 0.3) is 16.9 Å². The Bertz CT molecular complexity index is 525. The number of hydrogen-bond acceptors (Lipinski definition) is 2. The molecule has 2 heteroatoms. The van der Waals surface area contributed by atoms with Crippen LogP contribution in [0.3, 0.4) is 0 Å². The van der Waals surface area contributed by atoms with Gasteiger partial charge in [0.25, 0.3) is 0 Å². The number of hydrogen-bond donors (Lipinski definition) is 1. The first-order valence-corrected chi connectivity index (χ1v) is 5.31. The van der Waals surface area contributed by atoms with Crippen molar-refractivity contribution in [3.63, 3.8) is 0 Å². The summed E-state index contributed by atoms with van der Waals surface area (Å²) < 4.78 is 0. The fourth-order valence-corrected chi connectivity index (χ4v) is 1.62. The molecule has 2 aromatic carbocycles. The maximum absolute atomic E-state index is 10.2. The van der Waals surface area contributed by atoms with E-state index in [1.807, 2.05) is 42.5 Å². The summed E-state index contributed by atoms with van der Waals surface area (Å²) in [6.07, 6.45) is 1.71. The molecule has 0 aliphatic heterocycles. The Morgan fingerprint density at radius 2 is 1.47 bits per heavy atom. The van der Waals surface area contributed by atoms with Gasteiger partial charge in [-0.05, 0) is 11.1 Å². The first kappa shape index (κ1) is 11.1. The Kier molecular flexibility index (Phi) is 3.36. The average Bonchev–Trinajstić information content (AvgIpc) is 2.40. The number of benzene rings is 2. The number of aliphatic hydroxyl groups is 1. The molecule has 0 spiro atoms. The zero-order valence-electron chi connectivity index (χ0n) is 9.21. The summed E-state index contributed by atoms with van der Waals surface area (Å²) in [5, 5.41) is 9.51. The highest BCUT2D eigenvalue weighted by molar-refractivity contribution is 5.78. The van der Waals surface area contributed by atoms with Crippen LogP contribution in [0.1, 0.15) is 5.56 Å². The number of allylic oxidation sites excluding steroid dienone is 1. The van der Waals surface area contributed by atoms with E-state index < -0.39 is 0 Å². The van der Waals surface area contributed by atoms with Gasteiger partial charge in [-0.2, -0.15) is 0 Å². The van der Waals surface area contributed by atoms with Gasteiger partial charge in [0.1, 0.15) is 12.0 Å². The van der Waals surface area contributed by atoms with Crippen molar-refractivity contribution in [3.05, 3.63) is 66.2 Å². The summed E-state index contributed by atoms with van der Waals surface area (Å²) in [6.45, 7) is 0. The van der Waals surface area contributed by atoms with Gasteiger partial charge in [0.2, 0.25) is 0 Å². The highest BCUT2D eigenvalue weighted by Crippen LogP contribution is 2.21. The average molecular weight is 224 g/mol. The molecule has 0 aliphatic carbocycles. The third-order valence-corrected chi connectivity index (χ3v) is 2.51. The van der Waals surface area contributed by atoms with E-state index in [4.69, 9.17) is 0 Å². The largest absolute Gasteiger partial charge is 0.507 e. The van der Waals surface area contributed by atoms with Crippen LogP contribution >= 0.6 is 0 Å². The van der Waals surface area contributed by atoms with Gasteiger partial charge in [-0.15, -0.1) is 0 Å². The molecular formula is C15H12O2. The first-order valence-electron chi connectivity index (χ1n) is 5.31. The van der Waals surface area contributed by atoms with E-state index in [9.17, 15) is 9.90 Å². The van der Waals surface area contributed by atoms with Crippen LogP contribution in [0.4, 0.5) is 0 Å². The van der Waals surface area contributed by atoms with Gasteiger partial charge >= 0.3 is 0 Å². The highest BCUT2D eigenvalue weighted by atomic mass is 16.3. The zero-order valence-corrected chi connectivity index (χ0v) is 9.21. The Morgan fingerprint density at radius 1 is 0.882 bits per heavy atom. The second-order valence-electron chi connectivity index (χ2n) is 3.63. The van der Waals surface area contributed by atoms with Crippen LogP contribution in [0.15, 0.2) is 60.7 Å². The molecule has 0 heterocycles. The second kappa shape index (κ2) is 5.12. The first-order chi connectivity index (χ1) is 8.31. The smallest absolute Gasteiger partial charge is 0.146 e. The van der Waals surface area contributed by atoms with Crippen molar-refractivity contribution >= 4 is 12.0 Å². The van der Waals surface area contributed by atoms with Gasteiger partial charge in [0.05, 0.1) is 0 Å². The molecule has 0 amide bonds. The topological polar surface area (TPSA) is 37.3 Å². The van der Waals surface area contributed by atoms with Crippen LogP contribution in [-0.2, 0) is 4.79 Å². The maximum atomic E-state index is 10.2. The minimum atomic E-state index is -0.0142. The lowest BCUT2D eigenvalue weighted by molar-refractivity contribution is -0.104. The number of carbonyl (C=O) groups is 1. The third kappa shape index (κ3) is 2.61. The fourth-order valence-electron chi connectivity index (χ4n) is 1.62. The molecule has 1 N–H and O–H groups in total. The quantitative estimate of drug-likeness (QED) is 0.492. The summed E-state index contributed by atoms with van der Waals surface area (Å²) in [6, 6.07) is 17.4. The molecule has 2 rings (SSSR count). The number of rotatable bonds is 3. The normalized spacial score (nSPS) is 11.2. The van der Waals surface area contributed by atoms with Crippen molar-refractivity contribution in [1.29, 1.82) is 0 Å². The molecule has 0 atom stereocenters. The van der Waals surface area contributed by atoms with E-state index in [-0.39, 0.29) is 5.76 Å². The summed E-state index contributed by atoms with van der Waals surface area (Å²) >= 11 is 0. The lowest BCUT2D eigenvalue weighted by atomic mass is 10.0. The SMILES string of the molecule is O=CC=C(O)c1ccc(-c2ccccc2)cc1. The van der Waals surface area contributed by atoms with Crippen LogP contribution < -0.4 is 0 Å². The Labute approximate surface area is 99.8 Å². The van der Waals surface area contributed by atoms with Gasteiger partial charge in [0, 0.05) is 11.6 Å². The monoisotopic (exact) mass is 224 g/mol. The second-order valence-corrected chi connectivity index (χ2v) is 3.63. The van der Waals surface area contributed by atoms with Crippen LogP contribution in [0, 0.1) is 0 Å². The molecular weight excluding hydrogens is 212 g/mol. The van der Waals surface area contributed by atoms with E-state index in [0.29, 0.717) is 11.8 Å². The van der Waals surface area contributed by atoms with Gasteiger partial charge in [-0.25, -0.2) is 0 Å². The van der Waals surface area contributed by atoms with E-state index >= 15 is 0 Å². The van der Waals surface area contributed by atoms with Crippen molar-refractivity contribution < 1.29 is 9.90 Å². The van der Waals surface area contributed by atoms with Gasteiger partial charge in [-0.3, -0.25) is 4.79 Å². The molecule has 0 bridgehead atoms. The van der Waals surface area contributed by atoms with Crippen LogP contribution in [-0.4, -0.2) is 11.4 Å². The van der Waals surface area contributed by atoms with E-state index in [1.54, 1.807) is 12.1 Å². The van der Waals surface area contributed by atoms with Crippen LogP contribution in [0.5, 0.6) is 0 Å². The van der Waals surface area contributed by atoms with Crippen molar-refractivity contribution in [2.45, 2.75) is 0 Å². The maximum Gasteiger partial charge on any atom is 0.146 e. The molecule has 0 unspecified atom stereocenters. The predicted molar refractivity (Wildman–Crippen MR) is 68.5 cm³/mol. The zero-order chi connectivity index (χ0) is 12.1. The Hall–Kier alpha value is -2.35. The van der Waals surface area contributed by atoms with E-state index in [1.165, 1.54) is 0 Å². The summed E-state index contributed by atoms with van der Waals surface area (Å²) in [7, 11) is 0. The summed E-state index contributed by atoms with van der Waals surface area (Å²) in [5.41, 5.74) is 2.84. The Morgan fingerprint density at radius 3 is 2.06 bits per heavy atom. The highest BCUT2D eigenvalue weighted by Gasteiger charge is 2.00. The summed E-state index contributed by atoms with van der Waals surface area (Å²) in [5.74, 6) is -0.0142. The number of aldehydes is 1. The molecule has 0 saturated heterocycles. The standard InChI is InChI=1S/C15H12O2/c16-11-10-15(17)14-8-6-13(7-9-14)12-4-2-1-3-5-12/h1-11,17H. The molecule has 2 nitrogen and oxygen atoms in total. The van der Waals surface area contributed by atoms with Gasteiger partial charge in [-0.1, -0.05) is 54.6 Å².